The van der Waals surface area contributed by atoms with Gasteiger partial charge in [-0.2, -0.15) is 0 Å². The lowest BCUT2D eigenvalue weighted by Gasteiger charge is -2.35. The number of hydrogen-bond donors (Lipinski definition) is 0. The van der Waals surface area contributed by atoms with E-state index in [1.807, 2.05) is 36.1 Å². The highest BCUT2D eigenvalue weighted by Crippen LogP contribution is 2.20. The second-order valence-electron chi connectivity index (χ2n) is 7.75. The summed E-state index contributed by atoms with van der Waals surface area (Å²) < 4.78 is 0. The van der Waals surface area contributed by atoms with E-state index < -0.39 is 0 Å². The molecule has 6 nitrogen and oxygen atoms in total. The van der Waals surface area contributed by atoms with Gasteiger partial charge in [-0.3, -0.25) is 4.79 Å². The molecule has 0 aliphatic carbocycles. The lowest BCUT2D eigenvalue weighted by molar-refractivity contribution is 0.0745. The van der Waals surface area contributed by atoms with Crippen LogP contribution in [0.4, 0.5) is 11.6 Å². The fourth-order valence-electron chi connectivity index (χ4n) is 4.08. The van der Waals surface area contributed by atoms with E-state index in [4.69, 9.17) is 0 Å². The van der Waals surface area contributed by atoms with Gasteiger partial charge in [0.05, 0.1) is 0 Å². The maximum absolute atomic E-state index is 12.8. The average molecular weight is 380 g/mol. The van der Waals surface area contributed by atoms with Gasteiger partial charge in [0.15, 0.2) is 11.6 Å². The molecule has 0 atom stereocenters. The molecule has 148 valence electrons. The largest absolute Gasteiger partial charge is 0.355 e. The third-order valence-corrected chi connectivity index (χ3v) is 5.83. The van der Waals surface area contributed by atoms with Crippen molar-refractivity contribution >= 4 is 17.5 Å². The summed E-state index contributed by atoms with van der Waals surface area (Å²) in [6, 6.07) is 12.0. The van der Waals surface area contributed by atoms with Gasteiger partial charge >= 0.3 is 0 Å². The first kappa shape index (κ1) is 18.7. The molecule has 6 heteroatoms. The Morgan fingerprint density at radius 2 is 1.32 bits per heavy atom. The highest BCUT2D eigenvalue weighted by molar-refractivity contribution is 5.95. The number of benzene rings is 1. The Labute approximate surface area is 167 Å². The van der Waals surface area contributed by atoms with Crippen molar-refractivity contribution in [3.8, 4) is 0 Å². The van der Waals surface area contributed by atoms with Gasteiger partial charge < -0.3 is 14.7 Å². The summed E-state index contributed by atoms with van der Waals surface area (Å²) in [5.74, 6) is 2.01. The van der Waals surface area contributed by atoms with E-state index in [0.717, 1.165) is 48.9 Å². The zero-order chi connectivity index (χ0) is 19.3. The maximum Gasteiger partial charge on any atom is 0.254 e. The predicted molar refractivity (Wildman–Crippen MR) is 112 cm³/mol. The van der Waals surface area contributed by atoms with E-state index in [1.165, 1.54) is 25.7 Å². The molecule has 2 aromatic rings. The van der Waals surface area contributed by atoms with Crippen LogP contribution in [0, 0.1) is 6.92 Å². The SMILES string of the molecule is Cc1ccccc1C(=O)N1CCN(c2ccc(N3CCCCCC3)nn2)CC1. The number of carbonyl (C=O) groups is 1. The van der Waals surface area contributed by atoms with Gasteiger partial charge in [0.1, 0.15) is 0 Å². The summed E-state index contributed by atoms with van der Waals surface area (Å²) >= 11 is 0. The van der Waals surface area contributed by atoms with E-state index in [1.54, 1.807) is 0 Å². The third-order valence-electron chi connectivity index (χ3n) is 5.83. The Morgan fingerprint density at radius 3 is 1.89 bits per heavy atom. The number of nitrogens with zero attached hydrogens (tertiary/aromatic N) is 5. The van der Waals surface area contributed by atoms with Crippen LogP contribution in [0.5, 0.6) is 0 Å². The molecule has 0 bridgehead atoms. The first-order valence-electron chi connectivity index (χ1n) is 10.4. The van der Waals surface area contributed by atoms with E-state index in [0.29, 0.717) is 13.1 Å². The Kier molecular flexibility index (Phi) is 5.74. The Balaban J connectivity index is 1.36. The molecule has 2 aliphatic rings. The number of hydrogen-bond acceptors (Lipinski definition) is 5. The van der Waals surface area contributed by atoms with E-state index >= 15 is 0 Å². The number of anilines is 2. The number of aromatic nitrogens is 2. The van der Waals surface area contributed by atoms with Crippen molar-refractivity contribution in [2.45, 2.75) is 32.6 Å². The molecule has 0 radical (unpaired) electrons. The van der Waals surface area contributed by atoms with Gasteiger partial charge in [-0.1, -0.05) is 31.0 Å². The minimum Gasteiger partial charge on any atom is -0.355 e. The highest BCUT2D eigenvalue weighted by Gasteiger charge is 2.24. The molecule has 0 N–H and O–H groups in total. The molecule has 0 saturated carbocycles. The van der Waals surface area contributed by atoms with Crippen LogP contribution in [-0.4, -0.2) is 60.3 Å². The van der Waals surface area contributed by atoms with Gasteiger partial charge in [0, 0.05) is 44.8 Å². The molecule has 0 unspecified atom stereocenters. The summed E-state index contributed by atoms with van der Waals surface area (Å²) in [5.41, 5.74) is 1.84. The van der Waals surface area contributed by atoms with Crippen LogP contribution in [-0.2, 0) is 0 Å². The van der Waals surface area contributed by atoms with Crippen LogP contribution < -0.4 is 9.80 Å². The van der Waals surface area contributed by atoms with Crippen LogP contribution in [0.1, 0.15) is 41.6 Å². The van der Waals surface area contributed by atoms with Crippen LogP contribution in [0.3, 0.4) is 0 Å². The molecule has 2 fully saturated rings. The molecule has 2 aliphatic heterocycles. The summed E-state index contributed by atoms with van der Waals surface area (Å²) in [5, 5.41) is 8.97. The minimum atomic E-state index is 0.125. The molecule has 1 aromatic heterocycles. The summed E-state index contributed by atoms with van der Waals surface area (Å²) in [7, 11) is 0. The second-order valence-corrected chi connectivity index (χ2v) is 7.75. The van der Waals surface area contributed by atoms with E-state index in [9.17, 15) is 4.79 Å². The van der Waals surface area contributed by atoms with Crippen molar-refractivity contribution < 1.29 is 4.79 Å². The first-order chi connectivity index (χ1) is 13.7. The lowest BCUT2D eigenvalue weighted by atomic mass is 10.1. The Bertz CT molecular complexity index is 791. The van der Waals surface area contributed by atoms with Gasteiger partial charge in [-0.05, 0) is 43.5 Å². The lowest BCUT2D eigenvalue weighted by Crippen LogP contribution is -2.49. The van der Waals surface area contributed by atoms with Crippen molar-refractivity contribution in [1.82, 2.24) is 15.1 Å². The molecule has 1 amide bonds. The zero-order valence-corrected chi connectivity index (χ0v) is 16.7. The quantitative estimate of drug-likeness (QED) is 0.820. The van der Waals surface area contributed by atoms with Gasteiger partial charge in [0.2, 0.25) is 0 Å². The van der Waals surface area contributed by atoms with Crippen molar-refractivity contribution in [2.75, 3.05) is 49.1 Å². The summed E-state index contributed by atoms with van der Waals surface area (Å²) in [6.45, 7) is 7.14. The molecule has 3 heterocycles. The van der Waals surface area contributed by atoms with Gasteiger partial charge in [-0.25, -0.2) is 0 Å². The number of carbonyl (C=O) groups excluding carboxylic acids is 1. The van der Waals surface area contributed by atoms with Crippen LogP contribution in [0.2, 0.25) is 0 Å². The number of piperazine rings is 1. The molecular weight excluding hydrogens is 350 g/mol. The topological polar surface area (TPSA) is 52.6 Å². The standard InChI is InChI=1S/C22H29N5O/c1-18-8-4-5-9-19(18)22(28)27-16-14-26(15-17-27)21-11-10-20(23-24-21)25-12-6-2-3-7-13-25/h4-5,8-11H,2-3,6-7,12-17H2,1H3. The number of amides is 1. The Morgan fingerprint density at radius 1 is 0.750 bits per heavy atom. The van der Waals surface area contributed by atoms with Gasteiger partial charge in [-0.15, -0.1) is 10.2 Å². The van der Waals surface area contributed by atoms with Crippen molar-refractivity contribution in [2.24, 2.45) is 0 Å². The van der Waals surface area contributed by atoms with Crippen LogP contribution in [0.25, 0.3) is 0 Å². The molecule has 2 saturated heterocycles. The predicted octanol–water partition coefficient (Wildman–Crippen LogP) is 3.13. The van der Waals surface area contributed by atoms with Crippen LogP contribution >= 0.6 is 0 Å². The van der Waals surface area contributed by atoms with E-state index in [-0.39, 0.29) is 5.91 Å². The monoisotopic (exact) mass is 379 g/mol. The summed E-state index contributed by atoms with van der Waals surface area (Å²) in [4.78, 5) is 19.3. The second kappa shape index (κ2) is 8.59. The summed E-state index contributed by atoms with van der Waals surface area (Å²) in [6.07, 6.45) is 5.10. The fourth-order valence-corrected chi connectivity index (χ4v) is 4.08. The van der Waals surface area contributed by atoms with Crippen LogP contribution in [0.15, 0.2) is 36.4 Å². The van der Waals surface area contributed by atoms with Crippen molar-refractivity contribution in [1.29, 1.82) is 0 Å². The number of rotatable bonds is 3. The molecule has 0 spiro atoms. The minimum absolute atomic E-state index is 0.125. The first-order valence-corrected chi connectivity index (χ1v) is 10.4. The van der Waals surface area contributed by atoms with Crippen molar-refractivity contribution in [3.05, 3.63) is 47.5 Å². The third kappa shape index (κ3) is 4.11. The van der Waals surface area contributed by atoms with E-state index in [2.05, 4.69) is 32.1 Å². The smallest absolute Gasteiger partial charge is 0.254 e. The Hall–Kier alpha value is -2.63. The maximum atomic E-state index is 12.8. The fraction of sp³-hybridized carbons (Fsp3) is 0.500. The highest BCUT2D eigenvalue weighted by atomic mass is 16.2. The molecule has 4 rings (SSSR count). The molecule has 28 heavy (non-hydrogen) atoms. The number of aryl methyl sites for hydroxylation is 1. The molecule has 1 aromatic carbocycles. The van der Waals surface area contributed by atoms with Gasteiger partial charge in [0.25, 0.3) is 5.91 Å². The zero-order valence-electron chi connectivity index (χ0n) is 16.7. The normalized spacial score (nSPS) is 18.1. The average Bonchev–Trinajstić information content (AvgIpc) is 3.04. The van der Waals surface area contributed by atoms with Crippen molar-refractivity contribution in [3.63, 3.8) is 0 Å². The molecular formula is C22H29N5O.